The number of hydrogen-bond acceptors (Lipinski definition) is 3. The first kappa shape index (κ1) is 33.9. The molecule has 0 aromatic heterocycles. The van der Waals surface area contributed by atoms with Crippen LogP contribution in [0, 0.1) is 17.5 Å². The maximum atomic E-state index is 14.8. The Morgan fingerprint density at radius 1 is 0.927 bits per heavy atom. The first-order chi connectivity index (χ1) is 18.4. The lowest BCUT2D eigenvalue weighted by atomic mass is 9.95. The number of allylic oxidation sites excluding steroid dienone is 1. The molecule has 2 aromatic rings. The van der Waals surface area contributed by atoms with Crippen molar-refractivity contribution in [2.75, 3.05) is 11.5 Å². The average molecular weight is 633 g/mol. The van der Waals surface area contributed by atoms with E-state index in [9.17, 15) is 70.3 Å². The van der Waals surface area contributed by atoms with Gasteiger partial charge in [0.1, 0.15) is 17.5 Å². The van der Waals surface area contributed by atoms with Gasteiger partial charge in [0.15, 0.2) is 27.3 Å². The largest absolute Gasteiger partial charge is 0.417 e. The number of halogens is 13. The van der Waals surface area contributed by atoms with Gasteiger partial charge in [0, 0.05) is 11.6 Å². The average Bonchev–Trinajstić information content (AvgIpc) is 2.76. The molecule has 1 amide bonds. The molecule has 1 unspecified atom stereocenters. The Hall–Kier alpha value is -3.31. The zero-order chi connectivity index (χ0) is 31.7. The van der Waals surface area contributed by atoms with Crippen LogP contribution in [0.5, 0.6) is 0 Å². The molecule has 2 atom stereocenters. The number of alkyl halides is 9. The topological polar surface area (TPSA) is 63.2 Å². The molecule has 18 heteroatoms. The fraction of sp³-hybridized carbons (Fsp3) is 0.348. The molecular weight excluding hydrogens is 617 g/mol. The van der Waals surface area contributed by atoms with Crippen LogP contribution in [0.15, 0.2) is 36.4 Å². The molecular formula is C23H16F13NO3S. The molecule has 0 aliphatic heterocycles. The van der Waals surface area contributed by atoms with E-state index in [1.54, 1.807) is 5.32 Å². The van der Waals surface area contributed by atoms with Crippen molar-refractivity contribution in [1.82, 2.24) is 5.32 Å². The van der Waals surface area contributed by atoms with Gasteiger partial charge in [-0.2, -0.15) is 39.5 Å². The van der Waals surface area contributed by atoms with Crippen molar-refractivity contribution in [3.63, 3.8) is 0 Å². The van der Waals surface area contributed by atoms with Crippen molar-refractivity contribution in [1.29, 1.82) is 0 Å². The number of nitrogens with one attached hydrogen (secondary N) is 1. The number of carbonyl (C=O) groups is 1. The first-order valence-corrected chi connectivity index (χ1v) is 12.6. The summed E-state index contributed by atoms with van der Waals surface area (Å²) in [5, 5.41) is 1.74. The summed E-state index contributed by atoms with van der Waals surface area (Å²) in [6, 6.07) is -1.20. The van der Waals surface area contributed by atoms with E-state index in [1.807, 2.05) is 0 Å². The first-order valence-electron chi connectivity index (χ1n) is 10.8. The summed E-state index contributed by atoms with van der Waals surface area (Å²) in [4.78, 5) is 12.4. The van der Waals surface area contributed by atoms with Crippen molar-refractivity contribution in [2.45, 2.75) is 37.4 Å². The third-order valence-corrected chi connectivity index (χ3v) is 6.92. The summed E-state index contributed by atoms with van der Waals surface area (Å²) in [7, 11) is -4.86. The zero-order valence-corrected chi connectivity index (χ0v) is 20.9. The maximum absolute atomic E-state index is 14.8. The Morgan fingerprint density at radius 3 is 1.93 bits per heavy atom. The summed E-state index contributed by atoms with van der Waals surface area (Å²) in [6.07, 6.45) is -16.4. The SMILES string of the molecule is C[C@H](CS(=O)(=O)CC(F)(F)F)NC(=O)c1ccc(/C(F)=C/C(c2cc(F)c(F)c(F)c2)C(F)(F)F)cc1C(F)(F)F. The predicted molar refractivity (Wildman–Crippen MR) is 117 cm³/mol. The van der Waals surface area contributed by atoms with Crippen LogP contribution in [0.4, 0.5) is 57.1 Å². The summed E-state index contributed by atoms with van der Waals surface area (Å²) in [5.41, 5.74) is -5.73. The molecule has 0 saturated heterocycles. The fourth-order valence-corrected chi connectivity index (χ4v) is 5.00. The van der Waals surface area contributed by atoms with E-state index >= 15 is 0 Å². The zero-order valence-electron chi connectivity index (χ0n) is 20.1. The Labute approximate surface area is 222 Å². The molecule has 0 radical (unpaired) electrons. The van der Waals surface area contributed by atoms with Crippen LogP contribution in [0.1, 0.15) is 39.9 Å². The van der Waals surface area contributed by atoms with Crippen molar-refractivity contribution < 1.29 is 70.3 Å². The van der Waals surface area contributed by atoms with Gasteiger partial charge in [-0.15, -0.1) is 0 Å². The van der Waals surface area contributed by atoms with E-state index in [1.165, 1.54) is 0 Å². The molecule has 0 saturated carbocycles. The smallest absolute Gasteiger partial charge is 0.349 e. The molecule has 0 spiro atoms. The number of benzene rings is 2. The van der Waals surface area contributed by atoms with Crippen LogP contribution >= 0.6 is 0 Å². The van der Waals surface area contributed by atoms with Crippen LogP contribution < -0.4 is 5.32 Å². The molecule has 0 aliphatic rings. The van der Waals surface area contributed by atoms with Gasteiger partial charge >= 0.3 is 18.5 Å². The lowest BCUT2D eigenvalue weighted by Crippen LogP contribution is -2.40. The van der Waals surface area contributed by atoms with Gasteiger partial charge in [0.25, 0.3) is 5.91 Å². The van der Waals surface area contributed by atoms with E-state index in [-0.39, 0.29) is 24.3 Å². The third-order valence-electron chi connectivity index (χ3n) is 5.14. The van der Waals surface area contributed by atoms with E-state index < -0.39 is 103 Å². The van der Waals surface area contributed by atoms with Crippen molar-refractivity contribution >= 4 is 21.6 Å². The normalized spacial score (nSPS) is 15.0. The number of amides is 1. The van der Waals surface area contributed by atoms with Gasteiger partial charge in [-0.1, -0.05) is 6.07 Å². The minimum Gasteiger partial charge on any atom is -0.349 e. The highest BCUT2D eigenvalue weighted by Gasteiger charge is 2.41. The molecule has 41 heavy (non-hydrogen) atoms. The van der Waals surface area contributed by atoms with Crippen LogP contribution in [-0.4, -0.2) is 44.2 Å². The second-order valence-corrected chi connectivity index (χ2v) is 10.7. The van der Waals surface area contributed by atoms with E-state index in [4.69, 9.17) is 0 Å². The number of rotatable bonds is 8. The van der Waals surface area contributed by atoms with E-state index in [0.29, 0.717) is 12.1 Å². The van der Waals surface area contributed by atoms with Crippen molar-refractivity contribution in [3.8, 4) is 0 Å². The highest BCUT2D eigenvalue weighted by Crippen LogP contribution is 2.40. The van der Waals surface area contributed by atoms with Gasteiger partial charge in [0.05, 0.1) is 16.9 Å². The molecule has 0 heterocycles. The van der Waals surface area contributed by atoms with Crippen molar-refractivity contribution in [3.05, 3.63) is 76.1 Å². The number of sulfone groups is 1. The molecule has 228 valence electrons. The molecule has 2 aromatic carbocycles. The van der Waals surface area contributed by atoms with Crippen molar-refractivity contribution in [2.24, 2.45) is 0 Å². The Morgan fingerprint density at radius 2 is 1.46 bits per heavy atom. The van der Waals surface area contributed by atoms with Gasteiger partial charge in [-0.3, -0.25) is 4.79 Å². The minimum atomic E-state index is -5.47. The highest BCUT2D eigenvalue weighted by atomic mass is 32.2. The maximum Gasteiger partial charge on any atom is 0.417 e. The van der Waals surface area contributed by atoms with Crippen LogP contribution in [0.25, 0.3) is 5.83 Å². The van der Waals surface area contributed by atoms with Gasteiger partial charge in [0.2, 0.25) is 0 Å². The molecule has 0 aliphatic carbocycles. The number of hydrogen-bond donors (Lipinski definition) is 1. The standard InChI is InChI=1S/C23H16F13NO3S/c1-10(8-41(39,40)9-21(28,29)30)37-20(38)13-3-2-11(4-15(13)23(34,35)36)16(24)7-14(22(31,32)33)12-5-17(25)19(27)18(26)6-12/h2-7,10,14H,8-9H2,1H3,(H,37,38)/b16-7-/t10-,14?/m1/s1. The second-order valence-electron chi connectivity index (χ2n) is 8.63. The molecule has 0 bridgehead atoms. The lowest BCUT2D eigenvalue weighted by Gasteiger charge is -2.19. The molecule has 2 rings (SSSR count). The fourth-order valence-electron chi connectivity index (χ4n) is 3.53. The van der Waals surface area contributed by atoms with E-state index in [0.717, 1.165) is 6.92 Å². The predicted octanol–water partition coefficient (Wildman–Crippen LogP) is 6.87. The highest BCUT2D eigenvalue weighted by molar-refractivity contribution is 7.91. The van der Waals surface area contributed by atoms with E-state index in [2.05, 4.69) is 0 Å². The second kappa shape index (κ2) is 11.9. The summed E-state index contributed by atoms with van der Waals surface area (Å²) in [5.74, 6) is -16.7. The molecule has 0 fully saturated rings. The molecule has 4 nitrogen and oxygen atoms in total. The summed E-state index contributed by atoms with van der Waals surface area (Å²) < 4.78 is 197. The third kappa shape index (κ3) is 9.36. The van der Waals surface area contributed by atoms with Crippen LogP contribution in [-0.2, 0) is 16.0 Å². The Balaban J connectivity index is 2.46. The van der Waals surface area contributed by atoms with Gasteiger partial charge in [-0.25, -0.2) is 26.0 Å². The lowest BCUT2D eigenvalue weighted by molar-refractivity contribution is -0.140. The summed E-state index contributed by atoms with van der Waals surface area (Å²) in [6.45, 7) is 0.869. The van der Waals surface area contributed by atoms with Gasteiger partial charge < -0.3 is 5.32 Å². The Bertz CT molecular complexity index is 1400. The number of carbonyl (C=O) groups excluding carboxylic acids is 1. The minimum absolute atomic E-state index is 0.0922. The quantitative estimate of drug-likeness (QED) is 0.255. The van der Waals surface area contributed by atoms with Crippen LogP contribution in [0.2, 0.25) is 0 Å². The summed E-state index contributed by atoms with van der Waals surface area (Å²) >= 11 is 0. The van der Waals surface area contributed by atoms with Gasteiger partial charge in [-0.05, 0) is 42.8 Å². The van der Waals surface area contributed by atoms with Crippen LogP contribution in [0.3, 0.4) is 0 Å². The molecule has 1 N–H and O–H groups in total. The monoisotopic (exact) mass is 633 g/mol. The Kier molecular flexibility index (Phi) is 9.83.